The molecule has 0 aromatic heterocycles. The summed E-state index contributed by atoms with van der Waals surface area (Å²) < 4.78 is 26.4. The minimum Gasteiger partial charge on any atom is -0.481 e. The van der Waals surface area contributed by atoms with E-state index >= 15 is 0 Å². The van der Waals surface area contributed by atoms with Gasteiger partial charge >= 0.3 is 5.97 Å². The fraction of sp³-hybridized carbons (Fsp3) is 0.913. The van der Waals surface area contributed by atoms with Crippen molar-refractivity contribution in [1.82, 2.24) is 0 Å². The third kappa shape index (κ3) is 8.92. The molecule has 3 fully saturated rings. The first kappa shape index (κ1) is 37.0. The summed E-state index contributed by atoms with van der Waals surface area (Å²) in [6.07, 6.45) is -25.9. The zero-order valence-corrected chi connectivity index (χ0v) is 22.2. The van der Waals surface area contributed by atoms with Crippen LogP contribution in [0.25, 0.3) is 0 Å². The van der Waals surface area contributed by atoms with Crippen LogP contribution >= 0.6 is 0 Å². The minimum absolute atomic E-state index is 0.205. The molecule has 3 rings (SSSR count). The Morgan fingerprint density at radius 1 is 0.643 bits per heavy atom. The second-order valence-corrected chi connectivity index (χ2v) is 9.87. The lowest BCUT2D eigenvalue weighted by Crippen LogP contribution is -2.66. The van der Waals surface area contributed by atoms with Gasteiger partial charge in [0.1, 0.15) is 73.2 Å². The third-order valence-electron chi connectivity index (χ3n) is 6.83. The van der Waals surface area contributed by atoms with Crippen molar-refractivity contribution in [3.05, 3.63) is 6.92 Å². The molecule has 0 spiro atoms. The van der Waals surface area contributed by atoms with Crippen molar-refractivity contribution in [1.29, 1.82) is 0 Å². The molecule has 1 radical (unpaired) electrons. The molecule has 0 amide bonds. The van der Waals surface area contributed by atoms with Gasteiger partial charge in [-0.1, -0.05) is 6.92 Å². The van der Waals surface area contributed by atoms with E-state index in [4.69, 9.17) is 33.9 Å². The SMILES string of the molecule is OC[C@H]1O[C@@H](O[C@H]2[C@H](O)[C@@H](O)[C@H](O[C@H]3[C@H](O)[C@@H](O)C(O)O[C@@H]3CO)O[C@@H]2CO)[C@H](O)[C@@H](O)[C@@H]1O.[CH2]CC(O)CC(=O)O. The van der Waals surface area contributed by atoms with Crippen LogP contribution in [-0.4, -0.2) is 190 Å². The van der Waals surface area contributed by atoms with Gasteiger partial charge in [-0.05, 0) is 6.42 Å². The Kier molecular flexibility index (Phi) is 14.7. The van der Waals surface area contributed by atoms with Gasteiger partial charge < -0.3 is 90.1 Å². The normalized spacial score (nSPS) is 45.0. The number of aliphatic carboxylic acids is 1. The number of aliphatic hydroxyl groups is 12. The lowest BCUT2D eigenvalue weighted by Gasteiger charge is -2.47. The molecule has 3 aliphatic rings. The maximum Gasteiger partial charge on any atom is 0.305 e. The Balaban J connectivity index is 0.000000675. The van der Waals surface area contributed by atoms with Crippen LogP contribution in [0.15, 0.2) is 0 Å². The van der Waals surface area contributed by atoms with E-state index in [2.05, 4.69) is 6.92 Å². The van der Waals surface area contributed by atoms with Crippen molar-refractivity contribution in [3.63, 3.8) is 0 Å². The molecule has 247 valence electrons. The monoisotopic (exact) mass is 621 g/mol. The highest BCUT2D eigenvalue weighted by Crippen LogP contribution is 2.32. The summed E-state index contributed by atoms with van der Waals surface area (Å²) >= 11 is 0. The Labute approximate surface area is 239 Å². The number of carbonyl (C=O) groups is 1. The molecule has 0 aliphatic carbocycles. The van der Waals surface area contributed by atoms with Crippen LogP contribution in [0.4, 0.5) is 0 Å². The first-order valence-corrected chi connectivity index (χ1v) is 13.0. The summed E-state index contributed by atoms with van der Waals surface area (Å²) in [5, 5.41) is 126. The minimum atomic E-state index is -1.91. The maximum atomic E-state index is 10.6. The molecule has 3 aliphatic heterocycles. The molecular formula is C23H41O19. The van der Waals surface area contributed by atoms with Crippen molar-refractivity contribution >= 4 is 5.97 Å². The molecule has 0 aromatic carbocycles. The van der Waals surface area contributed by atoms with E-state index in [1.165, 1.54) is 0 Å². The fourth-order valence-electron chi connectivity index (χ4n) is 4.36. The summed E-state index contributed by atoms with van der Waals surface area (Å²) in [4.78, 5) is 9.78. The summed E-state index contributed by atoms with van der Waals surface area (Å²) in [5.41, 5.74) is 0. The van der Waals surface area contributed by atoms with E-state index in [-0.39, 0.29) is 12.8 Å². The van der Waals surface area contributed by atoms with Crippen LogP contribution in [0.2, 0.25) is 0 Å². The molecule has 19 nitrogen and oxygen atoms in total. The molecule has 0 aromatic rings. The molecule has 19 heteroatoms. The van der Waals surface area contributed by atoms with Gasteiger partial charge in [0.25, 0.3) is 0 Å². The summed E-state index contributed by atoms with van der Waals surface area (Å²) in [5.74, 6) is -0.985. The van der Waals surface area contributed by atoms with Gasteiger partial charge in [0, 0.05) is 0 Å². The predicted molar refractivity (Wildman–Crippen MR) is 129 cm³/mol. The van der Waals surface area contributed by atoms with Gasteiger partial charge in [-0.15, -0.1) is 0 Å². The number of rotatable bonds is 10. The van der Waals surface area contributed by atoms with Gasteiger partial charge in [-0.25, -0.2) is 0 Å². The average molecular weight is 622 g/mol. The summed E-state index contributed by atoms with van der Waals surface area (Å²) in [6.45, 7) is 1.00. The Hall–Kier alpha value is -1.21. The number of carboxylic acid groups (broad SMARTS) is 1. The summed E-state index contributed by atoms with van der Waals surface area (Å²) in [7, 11) is 0. The van der Waals surface area contributed by atoms with Crippen LogP contribution in [0.5, 0.6) is 0 Å². The quantitative estimate of drug-likeness (QED) is 0.108. The zero-order valence-electron chi connectivity index (χ0n) is 22.2. The van der Waals surface area contributed by atoms with Crippen molar-refractivity contribution < 1.29 is 94.9 Å². The van der Waals surface area contributed by atoms with E-state index in [0.717, 1.165) is 0 Å². The second kappa shape index (κ2) is 16.7. The highest BCUT2D eigenvalue weighted by atomic mass is 16.8. The molecule has 42 heavy (non-hydrogen) atoms. The highest BCUT2D eigenvalue weighted by Gasteiger charge is 2.53. The topological polar surface area (TPSA) is 326 Å². The van der Waals surface area contributed by atoms with Crippen LogP contribution in [0.3, 0.4) is 0 Å². The van der Waals surface area contributed by atoms with E-state index < -0.39 is 124 Å². The predicted octanol–water partition coefficient (Wildman–Crippen LogP) is -7.53. The molecule has 2 unspecified atom stereocenters. The fourth-order valence-corrected chi connectivity index (χ4v) is 4.36. The Morgan fingerprint density at radius 2 is 1.07 bits per heavy atom. The number of hydrogen-bond acceptors (Lipinski definition) is 18. The number of aliphatic hydroxyl groups excluding tert-OH is 12. The number of ether oxygens (including phenoxy) is 5. The van der Waals surface area contributed by atoms with Gasteiger partial charge in [0.05, 0.1) is 32.3 Å². The standard InChI is InChI=1S/C18H32O16.C5H9O3/c19-1-4-7(22)8(23)12(27)17(31-4)34-15-6(3-21)32-18(13(28)10(15)25)33-14-5(2-20)30-16(29)11(26)9(14)24;1-2-4(6)3-5(7)8/h4-29H,1-3H2;4,6H,1-3H2,(H,7,8)/t4-,5-,6-,7-,8+,9-,10-,11-,12-,13-,14-,15-,16?,17+,18+;/m1./s1. The first-order valence-electron chi connectivity index (χ1n) is 13.0. The van der Waals surface area contributed by atoms with Crippen LogP contribution in [-0.2, 0) is 28.5 Å². The molecule has 3 heterocycles. The van der Waals surface area contributed by atoms with E-state index in [1.54, 1.807) is 0 Å². The largest absolute Gasteiger partial charge is 0.481 e. The van der Waals surface area contributed by atoms with Crippen LogP contribution in [0, 0.1) is 6.92 Å². The first-order chi connectivity index (χ1) is 19.7. The van der Waals surface area contributed by atoms with Gasteiger partial charge in [-0.3, -0.25) is 4.79 Å². The highest BCUT2D eigenvalue weighted by molar-refractivity contribution is 5.67. The van der Waals surface area contributed by atoms with Gasteiger partial charge in [-0.2, -0.15) is 0 Å². The van der Waals surface area contributed by atoms with Crippen LogP contribution in [0.1, 0.15) is 12.8 Å². The zero-order chi connectivity index (χ0) is 31.9. The smallest absolute Gasteiger partial charge is 0.305 e. The lowest BCUT2D eigenvalue weighted by atomic mass is 9.96. The van der Waals surface area contributed by atoms with E-state index in [1.807, 2.05) is 0 Å². The Morgan fingerprint density at radius 3 is 1.50 bits per heavy atom. The molecule has 13 N–H and O–H groups in total. The number of hydrogen-bond donors (Lipinski definition) is 13. The third-order valence-corrected chi connectivity index (χ3v) is 6.83. The molecule has 3 saturated heterocycles. The number of carboxylic acids is 1. The van der Waals surface area contributed by atoms with Crippen LogP contribution < -0.4 is 0 Å². The average Bonchev–Trinajstić information content (AvgIpc) is 2.96. The van der Waals surface area contributed by atoms with Crippen molar-refractivity contribution in [2.24, 2.45) is 0 Å². The maximum absolute atomic E-state index is 10.6. The molecule has 0 saturated carbocycles. The Bertz CT molecular complexity index is 800. The summed E-state index contributed by atoms with van der Waals surface area (Å²) in [6, 6.07) is 0. The second-order valence-electron chi connectivity index (χ2n) is 9.87. The molecular weight excluding hydrogens is 580 g/mol. The van der Waals surface area contributed by atoms with Gasteiger partial charge in [0.2, 0.25) is 0 Å². The van der Waals surface area contributed by atoms with E-state index in [9.17, 15) is 61.0 Å². The van der Waals surface area contributed by atoms with Crippen molar-refractivity contribution in [3.8, 4) is 0 Å². The van der Waals surface area contributed by atoms with Crippen molar-refractivity contribution in [2.75, 3.05) is 19.8 Å². The van der Waals surface area contributed by atoms with Crippen molar-refractivity contribution in [2.45, 2.75) is 111 Å². The lowest BCUT2D eigenvalue weighted by molar-refractivity contribution is -0.377. The molecule has 0 bridgehead atoms. The van der Waals surface area contributed by atoms with Gasteiger partial charge in [0.15, 0.2) is 18.9 Å². The molecule has 16 atom stereocenters. The van der Waals surface area contributed by atoms with E-state index in [0.29, 0.717) is 0 Å².